The molecule has 0 aromatic heterocycles. The fourth-order valence-corrected chi connectivity index (χ4v) is 4.58. The van der Waals surface area contributed by atoms with Crippen LogP contribution in [0.15, 0.2) is 77.7 Å². The fraction of sp³-hybridized carbons (Fsp3) is 0. The van der Waals surface area contributed by atoms with Crippen LogP contribution >= 0.6 is 0 Å². The Balaban J connectivity index is 1.91. The largest absolute Gasteiger partial charge is 0.377 e. The molecule has 0 fully saturated rings. The molecule has 0 aliphatic rings. The van der Waals surface area contributed by atoms with E-state index in [0.29, 0.717) is 28.1 Å². The molecule has 0 atom stereocenters. The van der Waals surface area contributed by atoms with Gasteiger partial charge in [0.15, 0.2) is 12.0 Å². The molecule has 28 heavy (non-hydrogen) atoms. The van der Waals surface area contributed by atoms with Crippen molar-refractivity contribution in [2.45, 2.75) is 4.90 Å². The number of nitrogens with two attached hydrogens (primary N) is 1. The van der Waals surface area contributed by atoms with Gasteiger partial charge in [-0.1, -0.05) is 60.7 Å². The quantitative estimate of drug-likeness (QED) is 0.232. The van der Waals surface area contributed by atoms with Crippen LogP contribution in [0.1, 0.15) is 10.4 Å². The number of aldehydes is 1. The van der Waals surface area contributed by atoms with Gasteiger partial charge < -0.3 is 9.61 Å². The Morgan fingerprint density at radius 2 is 1.43 bits per heavy atom. The highest BCUT2D eigenvalue weighted by Crippen LogP contribution is 2.36. The van der Waals surface area contributed by atoms with Gasteiger partial charge in [-0.05, 0) is 22.9 Å². The molecule has 0 spiro atoms. The van der Waals surface area contributed by atoms with Gasteiger partial charge in [-0.2, -0.15) is 8.42 Å². The highest BCUT2D eigenvalue weighted by atomic mass is 32.2. The first-order chi connectivity index (χ1) is 13.5. The summed E-state index contributed by atoms with van der Waals surface area (Å²) in [5, 5.41) is 2.69. The summed E-state index contributed by atoms with van der Waals surface area (Å²) in [5.74, 6) is 5.69. The zero-order chi connectivity index (χ0) is 19.7. The summed E-state index contributed by atoms with van der Waals surface area (Å²) >= 11 is 0. The highest BCUT2D eigenvalue weighted by molar-refractivity contribution is 7.87. The van der Waals surface area contributed by atoms with Crippen molar-refractivity contribution in [1.82, 2.24) is 0 Å². The Kier molecular flexibility index (Phi) is 4.46. The number of nitrogens with one attached hydrogen (secondary N) is 1. The van der Waals surface area contributed by atoms with Gasteiger partial charge in [0.2, 0.25) is 0 Å². The normalized spacial score (nSPS) is 11.5. The Labute approximate surface area is 161 Å². The number of carbonyl (C=O) groups is 1. The van der Waals surface area contributed by atoms with E-state index < -0.39 is 10.1 Å². The minimum Gasteiger partial charge on any atom is -0.377 e. The van der Waals surface area contributed by atoms with Gasteiger partial charge in [-0.3, -0.25) is 10.6 Å². The second-order valence-corrected chi connectivity index (χ2v) is 7.65. The molecule has 0 aliphatic carbocycles. The topological polar surface area (TPSA) is 98.5 Å². The Hall–Kier alpha value is -3.42. The lowest BCUT2D eigenvalue weighted by atomic mass is 10.1. The summed E-state index contributed by atoms with van der Waals surface area (Å²) in [4.78, 5) is 11.3. The van der Waals surface area contributed by atoms with Crippen LogP contribution in [0.2, 0.25) is 0 Å². The molecule has 4 aromatic carbocycles. The SMILES string of the molecule is NNc1c(OS(=O)(=O)c2c(C=O)ccc3ccccc23)ccc2ccccc12. The van der Waals surface area contributed by atoms with Crippen LogP contribution in [0.25, 0.3) is 21.5 Å². The van der Waals surface area contributed by atoms with Crippen molar-refractivity contribution in [3.05, 3.63) is 78.4 Å². The lowest BCUT2D eigenvalue weighted by Gasteiger charge is -2.15. The van der Waals surface area contributed by atoms with Gasteiger partial charge in [0.05, 0.1) is 0 Å². The number of hydrogen-bond donors (Lipinski definition) is 2. The molecule has 3 N–H and O–H groups in total. The third-order valence-corrected chi connectivity index (χ3v) is 5.88. The first-order valence-corrected chi connectivity index (χ1v) is 9.86. The molecule has 4 aromatic rings. The van der Waals surface area contributed by atoms with Crippen LogP contribution in [-0.4, -0.2) is 14.7 Å². The van der Waals surface area contributed by atoms with E-state index in [1.54, 1.807) is 42.5 Å². The van der Waals surface area contributed by atoms with E-state index in [2.05, 4.69) is 5.43 Å². The van der Waals surface area contributed by atoms with E-state index in [1.807, 2.05) is 18.2 Å². The predicted octanol–water partition coefficient (Wildman–Crippen LogP) is 3.86. The van der Waals surface area contributed by atoms with Crippen molar-refractivity contribution in [1.29, 1.82) is 0 Å². The molecule has 7 heteroatoms. The molecule has 0 heterocycles. The number of anilines is 1. The first-order valence-electron chi connectivity index (χ1n) is 8.45. The zero-order valence-electron chi connectivity index (χ0n) is 14.6. The monoisotopic (exact) mass is 392 g/mol. The Morgan fingerprint density at radius 3 is 2.11 bits per heavy atom. The van der Waals surface area contributed by atoms with Gasteiger partial charge in [0.1, 0.15) is 10.6 Å². The predicted molar refractivity (Wildman–Crippen MR) is 109 cm³/mol. The van der Waals surface area contributed by atoms with E-state index in [-0.39, 0.29) is 16.2 Å². The second-order valence-electron chi connectivity index (χ2n) is 6.16. The number of rotatable bonds is 5. The Bertz CT molecular complexity index is 1320. The molecule has 0 amide bonds. The van der Waals surface area contributed by atoms with E-state index >= 15 is 0 Å². The van der Waals surface area contributed by atoms with Crippen LogP contribution in [0.3, 0.4) is 0 Å². The van der Waals surface area contributed by atoms with E-state index in [0.717, 1.165) is 5.39 Å². The van der Waals surface area contributed by atoms with Crippen molar-refractivity contribution in [2.24, 2.45) is 5.84 Å². The smallest absolute Gasteiger partial charge is 0.340 e. The average molecular weight is 392 g/mol. The summed E-state index contributed by atoms with van der Waals surface area (Å²) in [6, 6.07) is 20.7. The summed E-state index contributed by atoms with van der Waals surface area (Å²) in [6.07, 6.45) is 0.505. The highest BCUT2D eigenvalue weighted by Gasteiger charge is 2.25. The third-order valence-electron chi connectivity index (χ3n) is 4.52. The first kappa shape index (κ1) is 18.0. The molecule has 6 nitrogen and oxygen atoms in total. The summed E-state index contributed by atoms with van der Waals surface area (Å²) in [7, 11) is -4.31. The maximum Gasteiger partial charge on any atom is 0.340 e. The Morgan fingerprint density at radius 1 is 0.821 bits per heavy atom. The van der Waals surface area contributed by atoms with Gasteiger partial charge in [-0.25, -0.2) is 0 Å². The molecule has 140 valence electrons. The molecular formula is C21H16N2O4S. The van der Waals surface area contributed by atoms with Crippen molar-refractivity contribution in [3.63, 3.8) is 0 Å². The summed E-state index contributed by atoms with van der Waals surface area (Å²) in [5.41, 5.74) is 2.89. The van der Waals surface area contributed by atoms with Crippen molar-refractivity contribution < 1.29 is 17.4 Å². The van der Waals surface area contributed by atoms with Crippen molar-refractivity contribution >= 4 is 43.6 Å². The van der Waals surface area contributed by atoms with Gasteiger partial charge >= 0.3 is 10.1 Å². The average Bonchev–Trinajstić information content (AvgIpc) is 2.72. The molecule has 0 radical (unpaired) electrons. The second kappa shape index (κ2) is 6.95. The maximum atomic E-state index is 13.1. The number of hydrogen-bond acceptors (Lipinski definition) is 6. The van der Waals surface area contributed by atoms with Crippen LogP contribution < -0.4 is 15.5 Å². The van der Waals surface area contributed by atoms with Crippen molar-refractivity contribution in [3.8, 4) is 5.75 Å². The lowest BCUT2D eigenvalue weighted by molar-refractivity contribution is 0.112. The molecule has 0 saturated heterocycles. The number of hydrazine groups is 1. The fourth-order valence-electron chi connectivity index (χ4n) is 3.26. The lowest BCUT2D eigenvalue weighted by Crippen LogP contribution is -2.15. The van der Waals surface area contributed by atoms with Crippen molar-refractivity contribution in [2.75, 3.05) is 5.43 Å². The molecule has 0 unspecified atom stereocenters. The molecule has 0 aliphatic heterocycles. The van der Waals surface area contributed by atoms with Gasteiger partial charge in [0, 0.05) is 16.3 Å². The van der Waals surface area contributed by atoms with E-state index in [9.17, 15) is 13.2 Å². The minimum absolute atomic E-state index is 0.0294. The van der Waals surface area contributed by atoms with E-state index in [1.165, 1.54) is 12.1 Å². The third kappa shape index (κ3) is 2.96. The van der Waals surface area contributed by atoms with Crippen LogP contribution in [0.5, 0.6) is 5.75 Å². The van der Waals surface area contributed by atoms with E-state index in [4.69, 9.17) is 10.0 Å². The van der Waals surface area contributed by atoms with Gasteiger partial charge in [-0.15, -0.1) is 0 Å². The minimum atomic E-state index is -4.31. The van der Waals surface area contributed by atoms with Crippen LogP contribution in [0, 0.1) is 0 Å². The number of benzene rings is 4. The molecule has 0 saturated carbocycles. The number of fused-ring (bicyclic) bond motifs is 2. The maximum absolute atomic E-state index is 13.1. The summed E-state index contributed by atoms with van der Waals surface area (Å²) < 4.78 is 31.7. The number of carbonyl (C=O) groups excluding carboxylic acids is 1. The number of nitrogen functional groups attached to an aromatic ring is 1. The van der Waals surface area contributed by atoms with Crippen LogP contribution in [0.4, 0.5) is 5.69 Å². The molecule has 0 bridgehead atoms. The molecule has 4 rings (SSSR count). The molecular weight excluding hydrogens is 376 g/mol. The standard InChI is InChI=1S/C21H16N2O4S/c22-23-20-17-7-3-1-5-14(17)11-12-19(20)27-28(25,26)21-16(13-24)10-9-15-6-2-4-8-18(15)21/h1-13,23H,22H2. The zero-order valence-corrected chi connectivity index (χ0v) is 15.4. The van der Waals surface area contributed by atoms with Crippen LogP contribution in [-0.2, 0) is 10.1 Å². The summed E-state index contributed by atoms with van der Waals surface area (Å²) in [6.45, 7) is 0. The van der Waals surface area contributed by atoms with Gasteiger partial charge in [0.25, 0.3) is 0 Å².